The summed E-state index contributed by atoms with van der Waals surface area (Å²) in [6.07, 6.45) is -1.05. The molecule has 1 aromatic carbocycles. The number of halogens is 3. The number of nitrogens with zero attached hydrogens (tertiary/aromatic N) is 2. The van der Waals surface area contributed by atoms with Crippen molar-refractivity contribution in [2.75, 3.05) is 0 Å². The Hall–Kier alpha value is -1.56. The van der Waals surface area contributed by atoms with E-state index in [0.717, 1.165) is 16.4 Å². The van der Waals surface area contributed by atoms with Crippen molar-refractivity contribution < 1.29 is 13.2 Å². The molecular weight excluding hydrogens is 237 g/mol. The lowest BCUT2D eigenvalue weighted by Crippen LogP contribution is -2.03. The molecule has 0 fully saturated rings. The Labute approximate surface area is 92.0 Å². The van der Waals surface area contributed by atoms with Gasteiger partial charge in [-0.2, -0.15) is 13.2 Å². The Kier molecular flexibility index (Phi) is 1.79. The summed E-state index contributed by atoms with van der Waals surface area (Å²) in [4.78, 5) is 4.78. The predicted molar refractivity (Wildman–Crippen MR) is 55.6 cm³/mol. The van der Waals surface area contributed by atoms with Gasteiger partial charge in [0, 0.05) is 0 Å². The van der Waals surface area contributed by atoms with Crippen molar-refractivity contribution in [1.82, 2.24) is 9.38 Å². The zero-order valence-electron chi connectivity index (χ0n) is 7.82. The summed E-state index contributed by atoms with van der Waals surface area (Å²) in [5, 5.41) is 0. The molecule has 2 nitrogen and oxygen atoms in total. The summed E-state index contributed by atoms with van der Waals surface area (Å²) >= 11 is 1.30. The average Bonchev–Trinajstić information content (AvgIpc) is 2.74. The highest BCUT2D eigenvalue weighted by Gasteiger charge is 2.30. The first-order valence-corrected chi connectivity index (χ1v) is 5.29. The Morgan fingerprint density at radius 1 is 1.25 bits per heavy atom. The van der Waals surface area contributed by atoms with E-state index in [4.69, 9.17) is 0 Å². The fraction of sp³-hybridized carbons (Fsp3) is 0.100. The van der Waals surface area contributed by atoms with Gasteiger partial charge in [-0.3, -0.25) is 4.40 Å². The Balaban J connectivity index is 2.33. The highest BCUT2D eigenvalue weighted by Crippen LogP contribution is 2.34. The van der Waals surface area contributed by atoms with Crippen LogP contribution in [-0.4, -0.2) is 9.38 Å². The maximum absolute atomic E-state index is 12.5. The predicted octanol–water partition coefficient (Wildman–Crippen LogP) is 3.57. The van der Waals surface area contributed by atoms with Gasteiger partial charge in [0.05, 0.1) is 22.0 Å². The normalized spacial score (nSPS) is 12.7. The van der Waals surface area contributed by atoms with Gasteiger partial charge in [-0.05, 0) is 18.2 Å². The van der Waals surface area contributed by atoms with Gasteiger partial charge in [0.15, 0.2) is 0 Å². The Bertz CT molecular complexity index is 665. The molecule has 0 aliphatic rings. The van der Waals surface area contributed by atoms with Gasteiger partial charge in [-0.15, -0.1) is 11.3 Å². The van der Waals surface area contributed by atoms with Crippen molar-refractivity contribution in [2.45, 2.75) is 6.18 Å². The summed E-state index contributed by atoms with van der Waals surface area (Å²) < 4.78 is 39.8. The third-order valence-corrected chi connectivity index (χ3v) is 3.42. The Morgan fingerprint density at radius 3 is 2.81 bits per heavy atom. The van der Waals surface area contributed by atoms with E-state index < -0.39 is 11.7 Å². The molecule has 16 heavy (non-hydrogen) atoms. The van der Waals surface area contributed by atoms with Crippen molar-refractivity contribution in [2.24, 2.45) is 0 Å². The van der Waals surface area contributed by atoms with E-state index in [2.05, 4.69) is 4.98 Å². The monoisotopic (exact) mass is 242 g/mol. The number of thiazole rings is 1. The molecule has 6 heteroatoms. The second-order valence-corrected chi connectivity index (χ2v) is 4.45. The summed E-state index contributed by atoms with van der Waals surface area (Å²) in [6.45, 7) is 0. The van der Waals surface area contributed by atoms with Crippen molar-refractivity contribution in [3.8, 4) is 0 Å². The van der Waals surface area contributed by atoms with Crippen LogP contribution in [0.5, 0.6) is 0 Å². The summed E-state index contributed by atoms with van der Waals surface area (Å²) in [7, 11) is 0. The van der Waals surface area contributed by atoms with E-state index in [0.29, 0.717) is 4.70 Å². The second kappa shape index (κ2) is 2.98. The van der Waals surface area contributed by atoms with Crippen LogP contribution in [0.15, 0.2) is 30.7 Å². The molecule has 0 N–H and O–H groups in total. The first kappa shape index (κ1) is 9.65. The van der Waals surface area contributed by atoms with E-state index in [1.54, 1.807) is 16.9 Å². The van der Waals surface area contributed by atoms with Crippen molar-refractivity contribution in [3.05, 3.63) is 36.3 Å². The van der Waals surface area contributed by atoms with E-state index in [1.165, 1.54) is 23.5 Å². The minimum Gasteiger partial charge on any atom is -0.289 e. The van der Waals surface area contributed by atoms with E-state index in [9.17, 15) is 13.2 Å². The second-order valence-electron chi connectivity index (χ2n) is 3.38. The average molecular weight is 242 g/mol. The smallest absolute Gasteiger partial charge is 0.289 e. The van der Waals surface area contributed by atoms with Crippen LogP contribution < -0.4 is 0 Å². The topological polar surface area (TPSA) is 17.3 Å². The van der Waals surface area contributed by atoms with Gasteiger partial charge in [0.2, 0.25) is 0 Å². The SMILES string of the molecule is FC(F)(F)c1ccc2c(c1)sc1cncn12. The van der Waals surface area contributed by atoms with Crippen molar-refractivity contribution >= 4 is 26.4 Å². The molecule has 0 saturated carbocycles. The molecule has 0 aliphatic heterocycles. The minimum atomic E-state index is -4.29. The number of hydrogen-bond donors (Lipinski definition) is 0. The molecule has 3 rings (SSSR count). The number of hydrogen-bond acceptors (Lipinski definition) is 2. The molecule has 0 radical (unpaired) electrons. The summed E-state index contributed by atoms with van der Waals surface area (Å²) in [6, 6.07) is 3.74. The molecule has 0 amide bonds. The summed E-state index contributed by atoms with van der Waals surface area (Å²) in [5.74, 6) is 0. The van der Waals surface area contributed by atoms with Gasteiger partial charge < -0.3 is 0 Å². The molecule has 0 bridgehead atoms. The van der Waals surface area contributed by atoms with Gasteiger partial charge in [-0.25, -0.2) is 4.98 Å². The van der Waals surface area contributed by atoms with Gasteiger partial charge in [0.1, 0.15) is 11.2 Å². The van der Waals surface area contributed by atoms with Crippen LogP contribution in [-0.2, 0) is 6.18 Å². The third kappa shape index (κ3) is 1.30. The fourth-order valence-electron chi connectivity index (χ4n) is 1.62. The molecule has 0 spiro atoms. The molecule has 0 aliphatic carbocycles. The van der Waals surface area contributed by atoms with E-state index in [-0.39, 0.29) is 0 Å². The third-order valence-electron chi connectivity index (χ3n) is 2.37. The van der Waals surface area contributed by atoms with Crippen molar-refractivity contribution in [3.63, 3.8) is 0 Å². The lowest BCUT2D eigenvalue weighted by atomic mass is 10.2. The molecule has 0 atom stereocenters. The molecule has 2 aromatic heterocycles. The molecular formula is C10H5F3N2S. The maximum atomic E-state index is 12.5. The standard InChI is InChI=1S/C10H5F3N2S/c11-10(12,13)6-1-2-7-8(3-6)16-9-4-14-5-15(7)9/h1-5H. The largest absolute Gasteiger partial charge is 0.416 e. The van der Waals surface area contributed by atoms with Crippen LogP contribution in [0.1, 0.15) is 5.56 Å². The van der Waals surface area contributed by atoms with Crippen LogP contribution in [0.4, 0.5) is 13.2 Å². The maximum Gasteiger partial charge on any atom is 0.416 e. The minimum absolute atomic E-state index is 0.613. The number of imidazole rings is 1. The van der Waals surface area contributed by atoms with E-state index >= 15 is 0 Å². The molecule has 0 saturated heterocycles. The number of alkyl halides is 3. The number of benzene rings is 1. The highest BCUT2D eigenvalue weighted by atomic mass is 32.1. The Morgan fingerprint density at radius 2 is 2.06 bits per heavy atom. The van der Waals surface area contributed by atoms with Gasteiger partial charge >= 0.3 is 6.18 Å². The highest BCUT2D eigenvalue weighted by molar-refractivity contribution is 7.23. The van der Waals surface area contributed by atoms with Crippen LogP contribution in [0.3, 0.4) is 0 Å². The van der Waals surface area contributed by atoms with Crippen LogP contribution in [0, 0.1) is 0 Å². The van der Waals surface area contributed by atoms with Gasteiger partial charge in [-0.1, -0.05) is 0 Å². The number of rotatable bonds is 0. The lowest BCUT2D eigenvalue weighted by molar-refractivity contribution is -0.137. The molecule has 2 heterocycles. The lowest BCUT2D eigenvalue weighted by Gasteiger charge is -2.05. The van der Waals surface area contributed by atoms with E-state index in [1.807, 2.05) is 0 Å². The van der Waals surface area contributed by atoms with Crippen LogP contribution in [0.25, 0.3) is 15.0 Å². The molecule has 82 valence electrons. The first-order chi connectivity index (χ1) is 7.55. The zero-order valence-corrected chi connectivity index (χ0v) is 8.64. The molecule has 3 aromatic rings. The van der Waals surface area contributed by atoms with Crippen LogP contribution in [0.2, 0.25) is 0 Å². The quantitative estimate of drug-likeness (QED) is 0.589. The molecule has 0 unspecified atom stereocenters. The first-order valence-electron chi connectivity index (χ1n) is 4.47. The number of fused-ring (bicyclic) bond motifs is 3. The van der Waals surface area contributed by atoms with Crippen molar-refractivity contribution in [1.29, 1.82) is 0 Å². The zero-order chi connectivity index (χ0) is 11.3. The summed E-state index contributed by atoms with van der Waals surface area (Å²) in [5.41, 5.74) is 0.142. The van der Waals surface area contributed by atoms with Crippen LogP contribution >= 0.6 is 11.3 Å². The number of aromatic nitrogens is 2. The van der Waals surface area contributed by atoms with Gasteiger partial charge in [0.25, 0.3) is 0 Å². The fourth-order valence-corrected chi connectivity index (χ4v) is 2.66.